The Bertz CT molecular complexity index is 1760. The SMILES string of the molecule is O=c1c2ccccc2c2cc(N3C/C=C\C=C/Cc4ccccc43)cc3c2n1-c1ccccc1S3. The molecule has 3 heterocycles. The van der Waals surface area contributed by atoms with Crippen molar-refractivity contribution in [2.75, 3.05) is 11.4 Å². The van der Waals surface area contributed by atoms with E-state index < -0.39 is 0 Å². The second-order valence-corrected chi connectivity index (χ2v) is 9.98. The Hall–Kier alpha value is -4.02. The molecule has 0 unspecified atom stereocenters. The Morgan fingerprint density at radius 2 is 1.43 bits per heavy atom. The molecule has 4 aromatic carbocycles. The quantitative estimate of drug-likeness (QED) is 0.234. The molecule has 3 nitrogen and oxygen atoms in total. The van der Waals surface area contributed by atoms with Crippen LogP contribution in [-0.2, 0) is 6.42 Å². The van der Waals surface area contributed by atoms with Crippen LogP contribution < -0.4 is 10.5 Å². The molecule has 5 aromatic rings. The molecule has 0 saturated heterocycles. The molecule has 2 aliphatic rings. The molecule has 0 amide bonds. The summed E-state index contributed by atoms with van der Waals surface area (Å²) in [5.41, 5.74) is 5.64. The highest BCUT2D eigenvalue weighted by molar-refractivity contribution is 7.99. The first-order chi connectivity index (χ1) is 17.3. The first-order valence-corrected chi connectivity index (χ1v) is 12.7. The van der Waals surface area contributed by atoms with Crippen molar-refractivity contribution in [3.05, 3.63) is 125 Å². The van der Waals surface area contributed by atoms with Gasteiger partial charge in [-0.25, -0.2) is 0 Å². The van der Waals surface area contributed by atoms with Crippen LogP contribution in [0.3, 0.4) is 0 Å². The number of hydrogen-bond acceptors (Lipinski definition) is 3. The van der Waals surface area contributed by atoms with Gasteiger partial charge in [-0.3, -0.25) is 9.36 Å². The van der Waals surface area contributed by atoms with E-state index >= 15 is 0 Å². The number of aromatic nitrogens is 1. The second-order valence-electron chi connectivity index (χ2n) is 8.90. The van der Waals surface area contributed by atoms with Crippen LogP contribution >= 0.6 is 11.8 Å². The summed E-state index contributed by atoms with van der Waals surface area (Å²) < 4.78 is 1.92. The average molecular weight is 471 g/mol. The third-order valence-corrected chi connectivity index (χ3v) is 7.96. The average Bonchev–Trinajstić information content (AvgIpc) is 3.01. The van der Waals surface area contributed by atoms with Gasteiger partial charge in [0.05, 0.1) is 11.2 Å². The molecule has 2 aliphatic heterocycles. The van der Waals surface area contributed by atoms with Gasteiger partial charge >= 0.3 is 0 Å². The summed E-state index contributed by atoms with van der Waals surface area (Å²) in [5.74, 6) is 0. The summed E-state index contributed by atoms with van der Waals surface area (Å²) in [5, 5.41) is 2.86. The maximum atomic E-state index is 13.7. The van der Waals surface area contributed by atoms with Gasteiger partial charge in [-0.15, -0.1) is 0 Å². The monoisotopic (exact) mass is 470 g/mol. The molecule has 0 N–H and O–H groups in total. The number of nitrogens with zero attached hydrogens (tertiary/aromatic N) is 2. The number of para-hydroxylation sites is 2. The summed E-state index contributed by atoms with van der Waals surface area (Å²) in [6.45, 7) is 0.769. The molecule has 7 rings (SSSR count). The maximum absolute atomic E-state index is 13.7. The third kappa shape index (κ3) is 3.17. The molecule has 0 saturated carbocycles. The number of fused-ring (bicyclic) bond motifs is 5. The lowest BCUT2D eigenvalue weighted by Gasteiger charge is -2.29. The zero-order valence-corrected chi connectivity index (χ0v) is 19.8. The fourth-order valence-electron chi connectivity index (χ4n) is 5.27. The van der Waals surface area contributed by atoms with Crippen LogP contribution in [0.5, 0.6) is 0 Å². The lowest BCUT2D eigenvalue weighted by Crippen LogP contribution is -2.23. The van der Waals surface area contributed by atoms with E-state index in [1.165, 1.54) is 11.3 Å². The molecule has 0 aliphatic carbocycles. The lowest BCUT2D eigenvalue weighted by atomic mass is 10.0. The number of pyridine rings is 1. The minimum absolute atomic E-state index is 0.0388. The summed E-state index contributed by atoms with van der Waals surface area (Å²) in [4.78, 5) is 18.3. The Balaban J connectivity index is 1.57. The molecule has 4 heteroatoms. The number of allylic oxidation sites excluding steroid dienone is 3. The van der Waals surface area contributed by atoms with E-state index in [1.54, 1.807) is 11.8 Å². The standard InChI is InChI=1S/C31H22N2OS/c34-31-24-14-6-5-13-23(24)25-19-22(20-29-30(25)33(31)27-16-8-9-17-28(27)35-29)32-18-10-2-1-3-11-21-12-4-7-15-26(21)32/h1-10,12-17,19-20H,11,18H2/b3-1-,10-2-. The molecule has 0 bridgehead atoms. The smallest absolute Gasteiger partial charge is 0.263 e. The van der Waals surface area contributed by atoms with Gasteiger partial charge in [0.1, 0.15) is 0 Å². The van der Waals surface area contributed by atoms with Crippen LogP contribution in [0.1, 0.15) is 5.56 Å². The fraction of sp³-hybridized carbons (Fsp3) is 0.0645. The van der Waals surface area contributed by atoms with E-state index in [1.807, 2.05) is 41.0 Å². The molecule has 0 fully saturated rings. The van der Waals surface area contributed by atoms with Crippen molar-refractivity contribution in [2.45, 2.75) is 16.2 Å². The van der Waals surface area contributed by atoms with Gasteiger partial charge in [0.25, 0.3) is 5.56 Å². The van der Waals surface area contributed by atoms with Crippen molar-refractivity contribution in [1.82, 2.24) is 4.57 Å². The molecule has 1 aromatic heterocycles. The van der Waals surface area contributed by atoms with Crippen LogP contribution in [0.2, 0.25) is 0 Å². The van der Waals surface area contributed by atoms with Gasteiger partial charge in [-0.2, -0.15) is 0 Å². The van der Waals surface area contributed by atoms with Crippen molar-refractivity contribution < 1.29 is 0 Å². The van der Waals surface area contributed by atoms with Gasteiger partial charge in [0.15, 0.2) is 0 Å². The molecule has 168 valence electrons. The van der Waals surface area contributed by atoms with Gasteiger partial charge in [-0.1, -0.05) is 84.6 Å². The Labute approximate surface area is 207 Å². The zero-order chi connectivity index (χ0) is 23.4. The number of anilines is 2. The van der Waals surface area contributed by atoms with E-state index in [0.29, 0.717) is 0 Å². The number of benzene rings is 4. The number of hydrogen-bond donors (Lipinski definition) is 0. The van der Waals surface area contributed by atoms with Crippen molar-refractivity contribution in [3.63, 3.8) is 0 Å². The summed E-state index contributed by atoms with van der Waals surface area (Å²) >= 11 is 1.75. The normalized spacial score (nSPS) is 16.2. The van der Waals surface area contributed by atoms with E-state index in [-0.39, 0.29) is 5.56 Å². The molecular weight excluding hydrogens is 448 g/mol. The highest BCUT2D eigenvalue weighted by atomic mass is 32.2. The lowest BCUT2D eigenvalue weighted by molar-refractivity contribution is 0.996. The van der Waals surface area contributed by atoms with Crippen molar-refractivity contribution in [1.29, 1.82) is 0 Å². The van der Waals surface area contributed by atoms with Crippen LogP contribution in [0, 0.1) is 0 Å². The van der Waals surface area contributed by atoms with Crippen molar-refractivity contribution in [3.8, 4) is 5.69 Å². The molecule has 0 atom stereocenters. The van der Waals surface area contributed by atoms with Crippen molar-refractivity contribution in [2.24, 2.45) is 0 Å². The number of rotatable bonds is 1. The molecule has 0 spiro atoms. The third-order valence-electron chi connectivity index (χ3n) is 6.86. The summed E-state index contributed by atoms with van der Waals surface area (Å²) in [7, 11) is 0. The van der Waals surface area contributed by atoms with Crippen LogP contribution in [0.15, 0.2) is 124 Å². The highest BCUT2D eigenvalue weighted by Gasteiger charge is 2.24. The molecular formula is C31H22N2OS. The van der Waals surface area contributed by atoms with Gasteiger partial charge in [0.2, 0.25) is 0 Å². The summed E-state index contributed by atoms with van der Waals surface area (Å²) in [6, 6.07) is 29.4. The van der Waals surface area contributed by atoms with Crippen LogP contribution in [-0.4, -0.2) is 11.1 Å². The van der Waals surface area contributed by atoms with E-state index in [4.69, 9.17) is 0 Å². The minimum atomic E-state index is 0.0388. The predicted octanol–water partition coefficient (Wildman–Crippen LogP) is 7.42. The first-order valence-electron chi connectivity index (χ1n) is 11.9. The Morgan fingerprint density at radius 1 is 0.686 bits per heavy atom. The zero-order valence-electron chi connectivity index (χ0n) is 19.0. The summed E-state index contributed by atoms with van der Waals surface area (Å²) in [6.07, 6.45) is 9.56. The van der Waals surface area contributed by atoms with Crippen LogP contribution in [0.25, 0.3) is 27.4 Å². The largest absolute Gasteiger partial charge is 0.337 e. The second kappa shape index (κ2) is 8.03. The minimum Gasteiger partial charge on any atom is -0.337 e. The fourth-order valence-corrected chi connectivity index (χ4v) is 6.40. The van der Waals surface area contributed by atoms with E-state index in [2.05, 4.69) is 77.7 Å². The van der Waals surface area contributed by atoms with Crippen LogP contribution in [0.4, 0.5) is 11.4 Å². The first kappa shape index (κ1) is 20.4. The van der Waals surface area contributed by atoms with Gasteiger partial charge < -0.3 is 4.90 Å². The van der Waals surface area contributed by atoms with Crippen molar-refractivity contribution >= 4 is 44.8 Å². The van der Waals surface area contributed by atoms with Gasteiger partial charge in [-0.05, 0) is 53.8 Å². The molecule has 35 heavy (non-hydrogen) atoms. The maximum Gasteiger partial charge on any atom is 0.263 e. The molecule has 0 radical (unpaired) electrons. The van der Waals surface area contributed by atoms with E-state index in [9.17, 15) is 4.79 Å². The predicted molar refractivity (Wildman–Crippen MR) is 147 cm³/mol. The van der Waals surface area contributed by atoms with Gasteiger partial charge in [0, 0.05) is 38.5 Å². The topological polar surface area (TPSA) is 25.2 Å². The Morgan fingerprint density at radius 3 is 2.34 bits per heavy atom. The highest BCUT2D eigenvalue weighted by Crippen LogP contribution is 2.46. The van der Waals surface area contributed by atoms with E-state index in [0.717, 1.165) is 55.8 Å². The Kier molecular flexibility index (Phi) is 4.67.